The second-order valence-electron chi connectivity index (χ2n) is 9.09. The lowest BCUT2D eigenvalue weighted by atomic mass is 9.78. The van der Waals surface area contributed by atoms with Crippen LogP contribution in [-0.2, 0) is 16.1 Å². The largest absolute Gasteiger partial charge is 0.381 e. The fourth-order valence-corrected chi connectivity index (χ4v) is 4.56. The number of rotatable bonds is 8. The van der Waals surface area contributed by atoms with Gasteiger partial charge in [-0.2, -0.15) is 0 Å². The Kier molecular flexibility index (Phi) is 7.58. The number of nitrogens with one attached hydrogen (secondary N) is 1. The molecule has 0 atom stereocenters. The molecule has 1 fully saturated rings. The summed E-state index contributed by atoms with van der Waals surface area (Å²) >= 11 is 0. The first kappa shape index (κ1) is 23.2. The summed E-state index contributed by atoms with van der Waals surface area (Å²) in [4.78, 5) is 13.7. The summed E-state index contributed by atoms with van der Waals surface area (Å²) in [6.07, 6.45) is 6.84. The van der Waals surface area contributed by atoms with Gasteiger partial charge in [-0.25, -0.2) is 0 Å². The molecule has 1 N–H and O–H groups in total. The van der Waals surface area contributed by atoms with E-state index in [0.717, 1.165) is 51.4 Å². The first-order chi connectivity index (χ1) is 16.0. The Morgan fingerprint density at radius 1 is 1.03 bits per heavy atom. The third kappa shape index (κ3) is 6.31. The summed E-state index contributed by atoms with van der Waals surface area (Å²) in [5.74, 6) is -0.0406. The molecule has 3 aromatic rings. The number of piperidine rings is 1. The zero-order valence-electron chi connectivity index (χ0n) is 19.7. The molecule has 0 radical (unpaired) electrons. The fourth-order valence-electron chi connectivity index (χ4n) is 4.56. The van der Waals surface area contributed by atoms with Gasteiger partial charge in [0.15, 0.2) is 0 Å². The van der Waals surface area contributed by atoms with Crippen LogP contribution < -0.4 is 5.32 Å². The normalized spacial score (nSPS) is 16.3. The van der Waals surface area contributed by atoms with Gasteiger partial charge in [0.05, 0.1) is 6.61 Å². The van der Waals surface area contributed by atoms with Gasteiger partial charge in [-0.1, -0.05) is 60.7 Å². The third-order valence-corrected chi connectivity index (χ3v) is 6.53. The standard InChI is InChI=1S/C29H34N2O2/c1-3-33-22-29(15-14-24-8-11-26-6-4-5-7-27(26)20-24)16-18-31(19-17-29)21-25-9-12-28(13-10-25)30-23(2)32/h4-15,20H,3,16-19,21-22H2,1-2H3,(H,30,32). The zero-order chi connectivity index (χ0) is 23.1. The van der Waals surface area contributed by atoms with Gasteiger partial charge in [0.1, 0.15) is 0 Å². The average Bonchev–Trinajstić information content (AvgIpc) is 2.83. The molecule has 1 heterocycles. The van der Waals surface area contributed by atoms with E-state index in [1.807, 2.05) is 12.1 Å². The predicted molar refractivity (Wildman–Crippen MR) is 137 cm³/mol. The van der Waals surface area contributed by atoms with Gasteiger partial charge >= 0.3 is 0 Å². The molecule has 172 valence electrons. The summed E-state index contributed by atoms with van der Waals surface area (Å²) in [5.41, 5.74) is 3.44. The molecule has 4 nitrogen and oxygen atoms in total. The summed E-state index contributed by atoms with van der Waals surface area (Å²) in [6.45, 7) is 8.14. The molecule has 0 spiro atoms. The highest BCUT2D eigenvalue weighted by Gasteiger charge is 2.32. The maximum absolute atomic E-state index is 11.2. The van der Waals surface area contributed by atoms with Crippen LogP contribution in [0, 0.1) is 5.41 Å². The smallest absolute Gasteiger partial charge is 0.221 e. The molecule has 0 unspecified atom stereocenters. The molecule has 4 heteroatoms. The minimum absolute atomic E-state index is 0.0406. The fraction of sp³-hybridized carbons (Fsp3) is 0.345. The number of carbonyl (C=O) groups excluding carboxylic acids is 1. The summed E-state index contributed by atoms with van der Waals surface area (Å²) in [6, 6.07) is 23.3. The first-order valence-electron chi connectivity index (χ1n) is 11.9. The molecule has 1 aliphatic heterocycles. The number of hydrogen-bond acceptors (Lipinski definition) is 3. The number of carbonyl (C=O) groups is 1. The van der Waals surface area contributed by atoms with Crippen LogP contribution in [0.2, 0.25) is 0 Å². The van der Waals surface area contributed by atoms with E-state index < -0.39 is 0 Å². The maximum atomic E-state index is 11.2. The van der Waals surface area contributed by atoms with Crippen molar-refractivity contribution in [3.05, 3.63) is 83.9 Å². The Bertz CT molecular complexity index is 1100. The molecule has 0 aromatic heterocycles. The van der Waals surface area contributed by atoms with E-state index in [0.29, 0.717) is 0 Å². The number of anilines is 1. The topological polar surface area (TPSA) is 41.6 Å². The molecule has 4 rings (SSSR count). The molecule has 0 bridgehead atoms. The Morgan fingerprint density at radius 2 is 1.76 bits per heavy atom. The summed E-state index contributed by atoms with van der Waals surface area (Å²) in [5, 5.41) is 5.38. The van der Waals surface area contributed by atoms with Crippen molar-refractivity contribution in [3.63, 3.8) is 0 Å². The van der Waals surface area contributed by atoms with Crippen molar-refractivity contribution in [3.8, 4) is 0 Å². The number of fused-ring (bicyclic) bond motifs is 1. The van der Waals surface area contributed by atoms with Crippen molar-refractivity contribution in [1.29, 1.82) is 0 Å². The third-order valence-electron chi connectivity index (χ3n) is 6.53. The highest BCUT2D eigenvalue weighted by Crippen LogP contribution is 2.35. The molecule has 33 heavy (non-hydrogen) atoms. The molecule has 0 aliphatic carbocycles. The number of benzene rings is 3. The van der Waals surface area contributed by atoms with Crippen molar-refractivity contribution in [2.45, 2.75) is 33.2 Å². The lowest BCUT2D eigenvalue weighted by Crippen LogP contribution is -2.41. The Labute approximate surface area is 197 Å². The number of hydrogen-bond donors (Lipinski definition) is 1. The monoisotopic (exact) mass is 442 g/mol. The summed E-state index contributed by atoms with van der Waals surface area (Å²) < 4.78 is 5.93. The van der Waals surface area contributed by atoms with E-state index in [2.05, 4.69) is 83.9 Å². The highest BCUT2D eigenvalue weighted by atomic mass is 16.5. The van der Waals surface area contributed by atoms with Crippen LogP contribution >= 0.6 is 0 Å². The zero-order valence-corrected chi connectivity index (χ0v) is 19.7. The van der Waals surface area contributed by atoms with Crippen LogP contribution in [0.5, 0.6) is 0 Å². The van der Waals surface area contributed by atoms with E-state index in [4.69, 9.17) is 4.74 Å². The van der Waals surface area contributed by atoms with Gasteiger partial charge in [0.25, 0.3) is 0 Å². The first-order valence-corrected chi connectivity index (χ1v) is 11.9. The van der Waals surface area contributed by atoms with E-state index >= 15 is 0 Å². The number of amides is 1. The highest BCUT2D eigenvalue weighted by molar-refractivity contribution is 5.88. The van der Waals surface area contributed by atoms with E-state index in [9.17, 15) is 4.79 Å². The molecule has 0 saturated carbocycles. The minimum atomic E-state index is -0.0406. The van der Waals surface area contributed by atoms with Gasteiger partial charge in [-0.05, 0) is 73.0 Å². The quantitative estimate of drug-likeness (QED) is 0.456. The van der Waals surface area contributed by atoms with Crippen LogP contribution in [0.3, 0.4) is 0 Å². The van der Waals surface area contributed by atoms with Crippen molar-refractivity contribution < 1.29 is 9.53 Å². The van der Waals surface area contributed by atoms with E-state index in [1.165, 1.54) is 28.8 Å². The van der Waals surface area contributed by atoms with Crippen molar-refractivity contribution in [1.82, 2.24) is 4.90 Å². The number of nitrogens with zero attached hydrogens (tertiary/aromatic N) is 1. The Balaban J connectivity index is 1.40. The van der Waals surface area contributed by atoms with Crippen LogP contribution in [-0.4, -0.2) is 37.1 Å². The predicted octanol–water partition coefficient (Wildman–Crippen LogP) is 6.13. The van der Waals surface area contributed by atoms with E-state index in [-0.39, 0.29) is 11.3 Å². The second-order valence-corrected chi connectivity index (χ2v) is 9.09. The van der Waals surface area contributed by atoms with Gasteiger partial charge in [-0.15, -0.1) is 0 Å². The molecular weight excluding hydrogens is 408 g/mol. The minimum Gasteiger partial charge on any atom is -0.381 e. The summed E-state index contributed by atoms with van der Waals surface area (Å²) in [7, 11) is 0. The molecular formula is C29H34N2O2. The number of ether oxygens (including phenoxy) is 1. The van der Waals surface area contributed by atoms with Gasteiger partial charge < -0.3 is 10.1 Å². The molecule has 1 saturated heterocycles. The molecule has 1 amide bonds. The SMILES string of the molecule is CCOCC1(C=Cc2ccc3ccccc3c2)CCN(Cc2ccc(NC(C)=O)cc2)CC1. The lowest BCUT2D eigenvalue weighted by molar-refractivity contribution is -0.114. The Morgan fingerprint density at radius 3 is 2.45 bits per heavy atom. The molecule has 3 aromatic carbocycles. The van der Waals surface area contributed by atoms with Gasteiger partial charge in [-0.3, -0.25) is 9.69 Å². The lowest BCUT2D eigenvalue weighted by Gasteiger charge is -2.40. The van der Waals surface area contributed by atoms with Crippen LogP contribution in [0.15, 0.2) is 72.8 Å². The van der Waals surface area contributed by atoms with Crippen molar-refractivity contribution in [2.24, 2.45) is 5.41 Å². The molecule has 1 aliphatic rings. The van der Waals surface area contributed by atoms with Crippen LogP contribution in [0.1, 0.15) is 37.8 Å². The Hall–Kier alpha value is -2.95. The van der Waals surface area contributed by atoms with Gasteiger partial charge in [0, 0.05) is 31.2 Å². The average molecular weight is 443 g/mol. The van der Waals surface area contributed by atoms with Crippen LogP contribution in [0.4, 0.5) is 5.69 Å². The van der Waals surface area contributed by atoms with Gasteiger partial charge in [0.2, 0.25) is 5.91 Å². The second kappa shape index (κ2) is 10.8. The van der Waals surface area contributed by atoms with Crippen molar-refractivity contribution in [2.75, 3.05) is 31.6 Å². The number of likely N-dealkylation sites (tertiary alicyclic amines) is 1. The van der Waals surface area contributed by atoms with E-state index in [1.54, 1.807) is 0 Å². The van der Waals surface area contributed by atoms with Crippen LogP contribution in [0.25, 0.3) is 16.8 Å². The maximum Gasteiger partial charge on any atom is 0.221 e. The van der Waals surface area contributed by atoms with Crippen molar-refractivity contribution >= 4 is 28.4 Å².